The topological polar surface area (TPSA) is 12.0 Å². The number of anilines is 1. The van der Waals surface area contributed by atoms with E-state index in [2.05, 4.69) is 21.2 Å². The Kier molecular flexibility index (Phi) is 4.56. The summed E-state index contributed by atoms with van der Waals surface area (Å²) in [5.74, 6) is -0.419. The van der Waals surface area contributed by atoms with E-state index in [0.717, 1.165) is 12.1 Å². The first kappa shape index (κ1) is 15.8. The van der Waals surface area contributed by atoms with Gasteiger partial charge in [-0.1, -0.05) is 12.1 Å². The number of rotatable bonds is 3. The Bertz CT molecular complexity index is 640. The van der Waals surface area contributed by atoms with Crippen LogP contribution in [0.15, 0.2) is 46.9 Å². The number of alkyl halides is 3. The average Bonchev–Trinajstić information content (AvgIpc) is 2.42. The number of hydrogen-bond donors (Lipinski definition) is 1. The first-order valence-electron chi connectivity index (χ1n) is 6.16. The Hall–Kier alpha value is -1.56. The molecule has 0 bridgehead atoms. The summed E-state index contributed by atoms with van der Waals surface area (Å²) >= 11 is 3.27. The molecule has 0 saturated heterocycles. The second-order valence-electron chi connectivity index (χ2n) is 4.61. The van der Waals surface area contributed by atoms with Gasteiger partial charge in [0.05, 0.1) is 11.3 Å². The van der Waals surface area contributed by atoms with Crippen LogP contribution in [0.1, 0.15) is 24.1 Å². The fourth-order valence-electron chi connectivity index (χ4n) is 1.91. The lowest BCUT2D eigenvalue weighted by Gasteiger charge is -2.18. The lowest BCUT2D eigenvalue weighted by molar-refractivity contribution is -0.137. The number of hydrogen-bond acceptors (Lipinski definition) is 1. The first-order valence-corrected chi connectivity index (χ1v) is 6.95. The zero-order chi connectivity index (χ0) is 15.6. The molecule has 2 aromatic carbocycles. The summed E-state index contributed by atoms with van der Waals surface area (Å²) in [6, 6.07) is 8.79. The van der Waals surface area contributed by atoms with Crippen LogP contribution in [0.5, 0.6) is 0 Å². The van der Waals surface area contributed by atoms with Crippen molar-refractivity contribution in [2.45, 2.75) is 19.1 Å². The lowest BCUT2D eigenvalue weighted by atomic mass is 10.0. The van der Waals surface area contributed by atoms with Crippen molar-refractivity contribution in [2.24, 2.45) is 0 Å². The molecule has 0 amide bonds. The van der Waals surface area contributed by atoms with Gasteiger partial charge >= 0.3 is 6.18 Å². The van der Waals surface area contributed by atoms with Crippen molar-refractivity contribution in [2.75, 3.05) is 5.32 Å². The van der Waals surface area contributed by atoms with Gasteiger partial charge in [0.25, 0.3) is 0 Å². The van der Waals surface area contributed by atoms with E-state index in [9.17, 15) is 17.6 Å². The molecule has 0 aliphatic carbocycles. The van der Waals surface area contributed by atoms with E-state index >= 15 is 0 Å². The summed E-state index contributed by atoms with van der Waals surface area (Å²) in [7, 11) is 0. The predicted octanol–water partition coefficient (Wildman–Crippen LogP) is 5.78. The molecule has 1 nitrogen and oxygen atoms in total. The van der Waals surface area contributed by atoms with Gasteiger partial charge < -0.3 is 5.32 Å². The Balaban J connectivity index is 2.24. The molecular weight excluding hydrogens is 350 g/mol. The number of halogens is 5. The van der Waals surface area contributed by atoms with Crippen molar-refractivity contribution in [1.29, 1.82) is 0 Å². The standard InChI is InChI=1S/C15H12BrF4N/c1-9(21-14-8-12(17)5-6-13(14)16)10-3-2-4-11(7-10)15(18,19)20/h2-9,21H,1H3. The highest BCUT2D eigenvalue weighted by Gasteiger charge is 2.30. The quantitative estimate of drug-likeness (QED) is 0.683. The third-order valence-corrected chi connectivity index (χ3v) is 3.71. The van der Waals surface area contributed by atoms with Crippen LogP contribution in [-0.2, 0) is 6.18 Å². The maximum atomic E-state index is 13.2. The van der Waals surface area contributed by atoms with Crippen molar-refractivity contribution in [3.05, 3.63) is 63.9 Å². The Labute approximate surface area is 128 Å². The van der Waals surface area contributed by atoms with Gasteiger partial charge in [0.15, 0.2) is 0 Å². The Morgan fingerprint density at radius 2 is 1.81 bits per heavy atom. The number of benzene rings is 2. The van der Waals surface area contributed by atoms with Crippen LogP contribution >= 0.6 is 15.9 Å². The summed E-state index contributed by atoms with van der Waals surface area (Å²) in [5.41, 5.74) is 0.257. The minimum Gasteiger partial charge on any atom is -0.378 e. The highest BCUT2D eigenvalue weighted by molar-refractivity contribution is 9.10. The predicted molar refractivity (Wildman–Crippen MR) is 77.6 cm³/mol. The summed E-state index contributed by atoms with van der Waals surface area (Å²) in [5, 5.41) is 2.99. The molecule has 1 atom stereocenters. The summed E-state index contributed by atoms with van der Waals surface area (Å²) in [6.07, 6.45) is -4.38. The molecule has 6 heteroatoms. The molecule has 112 valence electrons. The van der Waals surface area contributed by atoms with Crippen molar-refractivity contribution in [3.63, 3.8) is 0 Å². The van der Waals surface area contributed by atoms with Gasteiger partial charge in [0.1, 0.15) is 5.82 Å². The largest absolute Gasteiger partial charge is 0.416 e. The highest BCUT2D eigenvalue weighted by atomic mass is 79.9. The summed E-state index contributed by atoms with van der Waals surface area (Å²) in [6.45, 7) is 1.72. The van der Waals surface area contributed by atoms with Gasteiger partial charge in [-0.2, -0.15) is 13.2 Å². The van der Waals surface area contributed by atoms with Gasteiger partial charge in [-0.3, -0.25) is 0 Å². The molecule has 0 aliphatic heterocycles. The Morgan fingerprint density at radius 1 is 1.10 bits per heavy atom. The minimum absolute atomic E-state index is 0.398. The zero-order valence-electron chi connectivity index (χ0n) is 11.0. The van der Waals surface area contributed by atoms with E-state index in [-0.39, 0.29) is 0 Å². The minimum atomic E-state index is -4.38. The summed E-state index contributed by atoms with van der Waals surface area (Å²) in [4.78, 5) is 0. The first-order chi connectivity index (χ1) is 9.77. The molecule has 0 saturated carbocycles. The van der Waals surface area contributed by atoms with Crippen molar-refractivity contribution < 1.29 is 17.6 Å². The van der Waals surface area contributed by atoms with Crippen molar-refractivity contribution in [3.8, 4) is 0 Å². The molecule has 1 N–H and O–H groups in total. The fraction of sp³-hybridized carbons (Fsp3) is 0.200. The summed E-state index contributed by atoms with van der Waals surface area (Å²) < 4.78 is 51.9. The molecular formula is C15H12BrF4N. The molecule has 1 unspecified atom stereocenters. The molecule has 0 heterocycles. The molecule has 0 aliphatic rings. The third-order valence-electron chi connectivity index (χ3n) is 3.01. The maximum absolute atomic E-state index is 13.2. The monoisotopic (exact) mass is 361 g/mol. The van der Waals surface area contributed by atoms with Gasteiger partial charge in [0.2, 0.25) is 0 Å². The molecule has 0 aromatic heterocycles. The van der Waals surface area contributed by atoms with Crippen LogP contribution in [0, 0.1) is 5.82 Å². The third kappa shape index (κ3) is 3.97. The highest BCUT2D eigenvalue weighted by Crippen LogP contribution is 2.32. The zero-order valence-corrected chi connectivity index (χ0v) is 12.6. The van der Waals surface area contributed by atoms with E-state index in [1.807, 2.05) is 0 Å². The molecule has 2 rings (SSSR count). The van der Waals surface area contributed by atoms with Crippen LogP contribution in [0.3, 0.4) is 0 Å². The van der Waals surface area contributed by atoms with E-state index in [4.69, 9.17) is 0 Å². The van der Waals surface area contributed by atoms with Crippen LogP contribution in [-0.4, -0.2) is 0 Å². The van der Waals surface area contributed by atoms with Crippen LogP contribution in [0.25, 0.3) is 0 Å². The molecule has 21 heavy (non-hydrogen) atoms. The molecule has 0 spiro atoms. The molecule has 2 aromatic rings. The van der Waals surface area contributed by atoms with Gasteiger partial charge in [-0.25, -0.2) is 4.39 Å². The Morgan fingerprint density at radius 3 is 2.48 bits per heavy atom. The molecule has 0 radical (unpaired) electrons. The van der Waals surface area contributed by atoms with E-state index in [1.54, 1.807) is 13.0 Å². The second-order valence-corrected chi connectivity index (χ2v) is 5.47. The van der Waals surface area contributed by atoms with Crippen LogP contribution < -0.4 is 5.32 Å². The van der Waals surface area contributed by atoms with E-state index < -0.39 is 23.6 Å². The van der Waals surface area contributed by atoms with Gasteiger partial charge in [0, 0.05) is 10.5 Å². The fourth-order valence-corrected chi connectivity index (χ4v) is 2.27. The normalized spacial score (nSPS) is 13.0. The SMILES string of the molecule is CC(Nc1cc(F)ccc1Br)c1cccc(C(F)(F)F)c1. The van der Waals surface area contributed by atoms with E-state index in [1.165, 1.54) is 24.3 Å². The average molecular weight is 362 g/mol. The van der Waals surface area contributed by atoms with Crippen LogP contribution in [0.4, 0.5) is 23.2 Å². The molecule has 0 fully saturated rings. The van der Waals surface area contributed by atoms with Gasteiger partial charge in [-0.05, 0) is 58.7 Å². The smallest absolute Gasteiger partial charge is 0.378 e. The number of nitrogens with one attached hydrogen (secondary N) is 1. The van der Waals surface area contributed by atoms with Crippen molar-refractivity contribution in [1.82, 2.24) is 0 Å². The van der Waals surface area contributed by atoms with Gasteiger partial charge in [-0.15, -0.1) is 0 Å². The lowest BCUT2D eigenvalue weighted by Crippen LogP contribution is -2.10. The second kappa shape index (κ2) is 6.05. The van der Waals surface area contributed by atoms with Crippen molar-refractivity contribution >= 4 is 21.6 Å². The van der Waals surface area contributed by atoms with Crippen LogP contribution in [0.2, 0.25) is 0 Å². The maximum Gasteiger partial charge on any atom is 0.416 e. The van der Waals surface area contributed by atoms with E-state index in [0.29, 0.717) is 15.7 Å².